The third-order valence-electron chi connectivity index (χ3n) is 2.68. The van der Waals surface area contributed by atoms with Gasteiger partial charge in [-0.05, 0) is 6.07 Å². The Morgan fingerprint density at radius 2 is 1.94 bits per heavy atom. The molecule has 0 radical (unpaired) electrons. The smallest absolute Gasteiger partial charge is 0.129 e. The Bertz CT molecular complexity index is 465. The Morgan fingerprint density at radius 3 is 2.61 bits per heavy atom. The first kappa shape index (κ1) is 13.1. The van der Waals surface area contributed by atoms with Crippen molar-refractivity contribution in [1.82, 2.24) is 4.98 Å². The van der Waals surface area contributed by atoms with Crippen LogP contribution >= 0.6 is 0 Å². The van der Waals surface area contributed by atoms with Gasteiger partial charge in [0.05, 0.1) is 25.1 Å². The first-order valence-electron chi connectivity index (χ1n) is 6.35. The molecule has 1 aromatic rings. The zero-order chi connectivity index (χ0) is 13.0. The van der Waals surface area contributed by atoms with Crippen molar-refractivity contribution in [2.75, 3.05) is 31.2 Å². The van der Waals surface area contributed by atoms with Gasteiger partial charge in [-0.15, -0.1) is 5.54 Å². The minimum atomic E-state index is -1.32. The third kappa shape index (κ3) is 3.86. The second-order valence-electron chi connectivity index (χ2n) is 5.53. The topological polar surface area (TPSA) is 25.4 Å². The zero-order valence-electron chi connectivity index (χ0n) is 11.4. The minimum Gasteiger partial charge on any atom is -0.378 e. The number of ether oxygens (including phenoxy) is 1. The molecule has 18 heavy (non-hydrogen) atoms. The molecule has 0 saturated carbocycles. The number of morpholine rings is 1. The van der Waals surface area contributed by atoms with Crippen molar-refractivity contribution in [3.05, 3.63) is 24.0 Å². The Morgan fingerprint density at radius 1 is 1.22 bits per heavy atom. The van der Waals surface area contributed by atoms with Crippen molar-refractivity contribution < 1.29 is 4.74 Å². The summed E-state index contributed by atoms with van der Waals surface area (Å²) in [6.45, 7) is 10.2. The molecule has 0 bridgehead atoms. The van der Waals surface area contributed by atoms with Crippen molar-refractivity contribution in [2.45, 2.75) is 19.6 Å². The van der Waals surface area contributed by atoms with E-state index in [2.05, 4.69) is 47.1 Å². The maximum Gasteiger partial charge on any atom is 0.129 e. The Kier molecular flexibility index (Phi) is 4.05. The summed E-state index contributed by atoms with van der Waals surface area (Å²) in [6, 6.07) is 2.13. The van der Waals surface area contributed by atoms with E-state index < -0.39 is 8.07 Å². The molecule has 1 aromatic heterocycles. The predicted molar refractivity (Wildman–Crippen MR) is 77.5 cm³/mol. The number of pyridine rings is 1. The van der Waals surface area contributed by atoms with E-state index in [-0.39, 0.29) is 0 Å². The standard InChI is InChI=1S/C14H20N2OSi/c1-18(2,3)9-4-13-10-14(12-15-11-13)16-5-7-17-8-6-16/h10-12H,5-8H2,1-3H3. The molecular weight excluding hydrogens is 240 g/mol. The Balaban J connectivity index is 2.16. The summed E-state index contributed by atoms with van der Waals surface area (Å²) < 4.78 is 5.36. The van der Waals surface area contributed by atoms with Gasteiger partial charge in [0, 0.05) is 24.8 Å². The van der Waals surface area contributed by atoms with Gasteiger partial charge in [-0.3, -0.25) is 4.98 Å². The van der Waals surface area contributed by atoms with Gasteiger partial charge in [0.25, 0.3) is 0 Å². The summed E-state index contributed by atoms with van der Waals surface area (Å²) >= 11 is 0. The van der Waals surface area contributed by atoms with Gasteiger partial charge in [-0.25, -0.2) is 0 Å². The van der Waals surface area contributed by atoms with Gasteiger partial charge in [0.1, 0.15) is 8.07 Å². The predicted octanol–water partition coefficient (Wildman–Crippen LogP) is 2.15. The van der Waals surface area contributed by atoms with Crippen LogP contribution in [0.1, 0.15) is 5.56 Å². The number of rotatable bonds is 1. The van der Waals surface area contributed by atoms with Crippen molar-refractivity contribution in [1.29, 1.82) is 0 Å². The van der Waals surface area contributed by atoms with E-state index in [1.165, 1.54) is 0 Å². The summed E-state index contributed by atoms with van der Waals surface area (Å²) in [6.07, 6.45) is 3.75. The third-order valence-corrected chi connectivity index (χ3v) is 3.56. The molecule has 0 aliphatic carbocycles. The van der Waals surface area contributed by atoms with E-state index >= 15 is 0 Å². The lowest BCUT2D eigenvalue weighted by atomic mass is 10.2. The molecule has 3 nitrogen and oxygen atoms in total. The second-order valence-corrected chi connectivity index (χ2v) is 10.3. The summed E-state index contributed by atoms with van der Waals surface area (Å²) in [7, 11) is -1.32. The summed E-state index contributed by atoms with van der Waals surface area (Å²) in [5.74, 6) is 3.26. The SMILES string of the molecule is C[Si](C)(C)C#Cc1cncc(N2CCOCC2)c1. The first-order valence-corrected chi connectivity index (χ1v) is 9.85. The van der Waals surface area contributed by atoms with Gasteiger partial charge in [-0.2, -0.15) is 0 Å². The highest BCUT2D eigenvalue weighted by molar-refractivity contribution is 6.83. The molecule has 1 aliphatic heterocycles. The second kappa shape index (κ2) is 5.55. The van der Waals surface area contributed by atoms with Crippen molar-refractivity contribution in [3.63, 3.8) is 0 Å². The number of anilines is 1. The number of hydrogen-bond acceptors (Lipinski definition) is 3. The molecule has 96 valence electrons. The summed E-state index contributed by atoms with van der Waals surface area (Å²) in [4.78, 5) is 6.59. The van der Waals surface area contributed by atoms with Crippen molar-refractivity contribution in [3.8, 4) is 11.5 Å². The van der Waals surface area contributed by atoms with E-state index in [1.54, 1.807) is 0 Å². The maximum atomic E-state index is 5.36. The highest BCUT2D eigenvalue weighted by atomic mass is 28.3. The molecule has 1 fully saturated rings. The highest BCUT2D eigenvalue weighted by Gasteiger charge is 2.12. The van der Waals surface area contributed by atoms with Crippen LogP contribution in [0.15, 0.2) is 18.5 Å². The van der Waals surface area contributed by atoms with E-state index in [9.17, 15) is 0 Å². The van der Waals surface area contributed by atoms with E-state index in [0.717, 1.165) is 37.6 Å². The van der Waals surface area contributed by atoms with Gasteiger partial charge in [0.15, 0.2) is 0 Å². The number of nitrogens with zero attached hydrogens (tertiary/aromatic N) is 2. The number of aromatic nitrogens is 1. The lowest BCUT2D eigenvalue weighted by Gasteiger charge is -2.28. The lowest BCUT2D eigenvalue weighted by molar-refractivity contribution is 0.122. The molecule has 1 aliphatic rings. The van der Waals surface area contributed by atoms with Crippen LogP contribution in [0.2, 0.25) is 19.6 Å². The van der Waals surface area contributed by atoms with Crippen LogP contribution in [-0.2, 0) is 4.74 Å². The van der Waals surface area contributed by atoms with Crippen molar-refractivity contribution in [2.24, 2.45) is 0 Å². The molecule has 0 aromatic carbocycles. The molecule has 2 rings (SSSR count). The molecule has 0 atom stereocenters. The fraction of sp³-hybridized carbons (Fsp3) is 0.500. The van der Waals surface area contributed by atoms with Gasteiger partial charge < -0.3 is 9.64 Å². The van der Waals surface area contributed by atoms with Crippen LogP contribution in [0.25, 0.3) is 0 Å². The van der Waals surface area contributed by atoms with E-state index in [4.69, 9.17) is 4.74 Å². The molecular formula is C14H20N2OSi. The van der Waals surface area contributed by atoms with Gasteiger partial charge >= 0.3 is 0 Å². The maximum absolute atomic E-state index is 5.36. The van der Waals surface area contributed by atoms with Crippen molar-refractivity contribution >= 4 is 13.8 Å². The molecule has 0 N–H and O–H groups in total. The quantitative estimate of drug-likeness (QED) is 0.571. The largest absolute Gasteiger partial charge is 0.378 e. The van der Waals surface area contributed by atoms with Gasteiger partial charge in [-0.1, -0.05) is 25.6 Å². The lowest BCUT2D eigenvalue weighted by Crippen LogP contribution is -2.36. The fourth-order valence-corrected chi connectivity index (χ4v) is 2.27. The van der Waals surface area contributed by atoms with Crippen LogP contribution in [0.4, 0.5) is 5.69 Å². The minimum absolute atomic E-state index is 0.796. The van der Waals surface area contributed by atoms with Crippen LogP contribution in [0.5, 0.6) is 0 Å². The normalized spacial score (nSPS) is 16.1. The fourth-order valence-electron chi connectivity index (χ4n) is 1.75. The van der Waals surface area contributed by atoms with Crippen LogP contribution < -0.4 is 4.90 Å². The van der Waals surface area contributed by atoms with Crippen LogP contribution in [0, 0.1) is 11.5 Å². The Labute approximate surface area is 110 Å². The molecule has 0 spiro atoms. The first-order chi connectivity index (χ1) is 8.54. The van der Waals surface area contributed by atoms with Crippen LogP contribution in [0.3, 0.4) is 0 Å². The van der Waals surface area contributed by atoms with E-state index in [1.807, 2.05) is 12.4 Å². The molecule has 1 saturated heterocycles. The molecule has 2 heterocycles. The van der Waals surface area contributed by atoms with Gasteiger partial charge in [0.2, 0.25) is 0 Å². The average Bonchev–Trinajstić information content (AvgIpc) is 2.37. The van der Waals surface area contributed by atoms with Crippen LogP contribution in [-0.4, -0.2) is 39.4 Å². The summed E-state index contributed by atoms with van der Waals surface area (Å²) in [5, 5.41) is 0. The molecule has 0 amide bonds. The average molecular weight is 260 g/mol. The monoisotopic (exact) mass is 260 g/mol. The van der Waals surface area contributed by atoms with E-state index in [0.29, 0.717) is 0 Å². The highest BCUT2D eigenvalue weighted by Crippen LogP contribution is 2.15. The molecule has 0 unspecified atom stereocenters. The molecule has 4 heteroatoms. The zero-order valence-corrected chi connectivity index (χ0v) is 12.4. The summed E-state index contributed by atoms with van der Waals surface area (Å²) in [5.41, 5.74) is 5.54. The number of hydrogen-bond donors (Lipinski definition) is 0. The Hall–Kier alpha value is -1.31.